The number of carbonyl (C=O) groups is 1. The Morgan fingerprint density at radius 3 is 2.12 bits per heavy atom. The third-order valence-corrected chi connectivity index (χ3v) is 7.09. The van der Waals surface area contributed by atoms with E-state index in [2.05, 4.69) is 5.32 Å². The maximum Gasteiger partial charge on any atom is 0.248 e. The summed E-state index contributed by atoms with van der Waals surface area (Å²) in [6.07, 6.45) is 3.08. The van der Waals surface area contributed by atoms with E-state index in [-0.39, 0.29) is 10.8 Å². The number of rotatable bonds is 6. The molecule has 32 heavy (non-hydrogen) atoms. The van der Waals surface area contributed by atoms with E-state index in [1.54, 1.807) is 30.3 Å². The molecule has 0 aromatic heterocycles. The zero-order valence-corrected chi connectivity index (χ0v) is 18.3. The summed E-state index contributed by atoms with van der Waals surface area (Å²) in [5.74, 6) is -0.262. The van der Waals surface area contributed by atoms with Crippen molar-refractivity contribution in [1.82, 2.24) is 4.31 Å². The molecule has 164 valence electrons. The molecule has 3 aromatic rings. The van der Waals surface area contributed by atoms with E-state index in [1.165, 1.54) is 10.4 Å². The second-order valence-corrected chi connectivity index (χ2v) is 9.29. The third-order valence-electron chi connectivity index (χ3n) is 5.17. The number of sulfonamides is 1. The summed E-state index contributed by atoms with van der Waals surface area (Å²) in [5.41, 5.74) is 3.63. The van der Waals surface area contributed by atoms with Crippen LogP contribution in [0.2, 0.25) is 0 Å². The van der Waals surface area contributed by atoms with E-state index in [0.29, 0.717) is 32.0 Å². The smallest absolute Gasteiger partial charge is 0.248 e. The van der Waals surface area contributed by atoms with Gasteiger partial charge in [0.15, 0.2) is 0 Å². The van der Waals surface area contributed by atoms with Crippen LogP contribution in [0, 0.1) is 0 Å². The van der Waals surface area contributed by atoms with Gasteiger partial charge in [-0.05, 0) is 47.0 Å². The normalized spacial score (nSPS) is 15.0. The average Bonchev–Trinajstić information content (AvgIpc) is 2.84. The fourth-order valence-electron chi connectivity index (χ4n) is 3.42. The molecular weight excluding hydrogens is 424 g/mol. The summed E-state index contributed by atoms with van der Waals surface area (Å²) in [6, 6.07) is 24.2. The maximum absolute atomic E-state index is 12.7. The lowest BCUT2D eigenvalue weighted by Gasteiger charge is -2.26. The van der Waals surface area contributed by atoms with Crippen LogP contribution in [0.25, 0.3) is 17.2 Å². The molecule has 1 heterocycles. The first-order valence-corrected chi connectivity index (χ1v) is 11.8. The first-order chi connectivity index (χ1) is 15.5. The lowest BCUT2D eigenvalue weighted by molar-refractivity contribution is -0.111. The van der Waals surface area contributed by atoms with Crippen LogP contribution >= 0.6 is 0 Å². The first-order valence-electron chi connectivity index (χ1n) is 10.3. The molecule has 0 aliphatic carbocycles. The van der Waals surface area contributed by atoms with Crippen LogP contribution in [0.1, 0.15) is 5.56 Å². The molecule has 0 spiro atoms. The van der Waals surface area contributed by atoms with Crippen molar-refractivity contribution in [2.24, 2.45) is 0 Å². The molecule has 1 saturated heterocycles. The summed E-state index contributed by atoms with van der Waals surface area (Å²) in [4.78, 5) is 12.5. The Morgan fingerprint density at radius 1 is 0.844 bits per heavy atom. The maximum atomic E-state index is 12.7. The number of ether oxygens (including phenoxy) is 1. The number of hydrogen-bond acceptors (Lipinski definition) is 4. The van der Waals surface area contributed by atoms with Crippen LogP contribution in [-0.2, 0) is 19.6 Å². The summed E-state index contributed by atoms with van der Waals surface area (Å²) in [6.45, 7) is 1.53. The fraction of sp³-hybridized carbons (Fsp3) is 0.160. The van der Waals surface area contributed by atoms with Crippen molar-refractivity contribution in [2.45, 2.75) is 4.90 Å². The standard InChI is InChI=1S/C25H24N2O4S/c28-25(26-23-11-9-22(10-12-23)21-4-2-1-3-5-21)15-8-20-6-13-24(14-7-20)32(29,30)27-16-18-31-19-17-27/h1-15H,16-19H2,(H,26,28). The molecule has 1 fully saturated rings. The molecule has 3 aromatic carbocycles. The van der Waals surface area contributed by atoms with Gasteiger partial charge in [-0.25, -0.2) is 8.42 Å². The van der Waals surface area contributed by atoms with Gasteiger partial charge < -0.3 is 10.1 Å². The van der Waals surface area contributed by atoms with Gasteiger partial charge >= 0.3 is 0 Å². The zero-order valence-electron chi connectivity index (χ0n) is 17.5. The molecule has 1 aliphatic heterocycles. The van der Waals surface area contributed by atoms with Crippen molar-refractivity contribution < 1.29 is 17.9 Å². The van der Waals surface area contributed by atoms with Gasteiger partial charge in [-0.3, -0.25) is 4.79 Å². The number of nitrogens with one attached hydrogen (secondary N) is 1. The molecule has 0 saturated carbocycles. The van der Waals surface area contributed by atoms with Crippen molar-refractivity contribution in [2.75, 3.05) is 31.6 Å². The molecule has 6 nitrogen and oxygen atoms in total. The number of hydrogen-bond donors (Lipinski definition) is 1. The monoisotopic (exact) mass is 448 g/mol. The minimum atomic E-state index is -3.52. The predicted molar refractivity (Wildman–Crippen MR) is 126 cm³/mol. The van der Waals surface area contributed by atoms with Crippen LogP contribution in [0.4, 0.5) is 5.69 Å². The van der Waals surface area contributed by atoms with E-state index in [4.69, 9.17) is 4.74 Å². The lowest BCUT2D eigenvalue weighted by Crippen LogP contribution is -2.40. The number of anilines is 1. The quantitative estimate of drug-likeness (QED) is 0.578. The van der Waals surface area contributed by atoms with E-state index in [9.17, 15) is 13.2 Å². The Labute approximate surface area is 188 Å². The number of amides is 1. The Bertz CT molecular complexity index is 1180. The molecule has 0 unspecified atom stereocenters. The summed E-state index contributed by atoms with van der Waals surface area (Å²) in [7, 11) is -3.52. The highest BCUT2D eigenvalue weighted by Gasteiger charge is 2.25. The van der Waals surface area contributed by atoms with E-state index < -0.39 is 10.0 Å². The number of nitrogens with zero attached hydrogens (tertiary/aromatic N) is 1. The lowest BCUT2D eigenvalue weighted by atomic mass is 10.1. The van der Waals surface area contributed by atoms with E-state index in [1.807, 2.05) is 54.6 Å². The van der Waals surface area contributed by atoms with E-state index in [0.717, 1.165) is 16.7 Å². The van der Waals surface area contributed by atoms with Crippen LogP contribution in [0.5, 0.6) is 0 Å². The Morgan fingerprint density at radius 2 is 1.47 bits per heavy atom. The minimum Gasteiger partial charge on any atom is -0.379 e. The molecule has 7 heteroatoms. The fourth-order valence-corrected chi connectivity index (χ4v) is 4.83. The highest BCUT2D eigenvalue weighted by molar-refractivity contribution is 7.89. The Hall–Kier alpha value is -3.26. The molecular formula is C25H24N2O4S. The van der Waals surface area contributed by atoms with Gasteiger partial charge in [0.2, 0.25) is 15.9 Å². The second kappa shape index (κ2) is 9.91. The summed E-state index contributed by atoms with van der Waals surface area (Å²) >= 11 is 0. The molecule has 1 N–H and O–H groups in total. The summed E-state index contributed by atoms with van der Waals surface area (Å²) < 4.78 is 32.0. The Balaban J connectivity index is 1.36. The molecule has 1 amide bonds. The molecule has 0 radical (unpaired) electrons. The van der Waals surface area contributed by atoms with Gasteiger partial charge in [0.05, 0.1) is 18.1 Å². The van der Waals surface area contributed by atoms with Crippen molar-refractivity contribution >= 4 is 27.7 Å². The predicted octanol–water partition coefficient (Wildman–Crippen LogP) is 4.03. The third kappa shape index (κ3) is 5.31. The van der Waals surface area contributed by atoms with Gasteiger partial charge in [0, 0.05) is 24.9 Å². The molecule has 4 rings (SSSR count). The van der Waals surface area contributed by atoms with Crippen molar-refractivity contribution in [1.29, 1.82) is 0 Å². The highest BCUT2D eigenvalue weighted by atomic mass is 32.2. The average molecular weight is 449 g/mol. The number of benzene rings is 3. The minimum absolute atomic E-state index is 0.236. The van der Waals surface area contributed by atoms with Crippen molar-refractivity contribution in [3.63, 3.8) is 0 Å². The van der Waals surface area contributed by atoms with Crippen LogP contribution in [0.3, 0.4) is 0 Å². The largest absolute Gasteiger partial charge is 0.379 e. The van der Waals surface area contributed by atoms with Gasteiger partial charge in [-0.15, -0.1) is 0 Å². The van der Waals surface area contributed by atoms with Gasteiger partial charge in [-0.2, -0.15) is 4.31 Å². The van der Waals surface area contributed by atoms with Crippen LogP contribution < -0.4 is 5.32 Å². The number of carbonyl (C=O) groups excluding carboxylic acids is 1. The highest BCUT2D eigenvalue weighted by Crippen LogP contribution is 2.21. The van der Waals surface area contributed by atoms with Gasteiger partial charge in [0.1, 0.15) is 0 Å². The van der Waals surface area contributed by atoms with Crippen molar-refractivity contribution in [3.05, 3.63) is 90.5 Å². The topological polar surface area (TPSA) is 75.7 Å². The molecule has 0 bridgehead atoms. The van der Waals surface area contributed by atoms with Gasteiger partial charge in [-0.1, -0.05) is 54.6 Å². The second-order valence-electron chi connectivity index (χ2n) is 7.35. The van der Waals surface area contributed by atoms with Crippen LogP contribution in [-0.4, -0.2) is 44.9 Å². The van der Waals surface area contributed by atoms with Gasteiger partial charge in [0.25, 0.3) is 0 Å². The Kier molecular flexibility index (Phi) is 6.80. The van der Waals surface area contributed by atoms with E-state index >= 15 is 0 Å². The SMILES string of the molecule is O=C(C=Cc1ccc(S(=O)(=O)N2CCOCC2)cc1)Nc1ccc(-c2ccccc2)cc1. The zero-order chi connectivity index (χ0) is 22.4. The first kappa shape index (κ1) is 22.0. The summed E-state index contributed by atoms with van der Waals surface area (Å²) in [5, 5.41) is 2.83. The number of morpholine rings is 1. The van der Waals surface area contributed by atoms with Crippen LogP contribution in [0.15, 0.2) is 89.8 Å². The van der Waals surface area contributed by atoms with Crippen molar-refractivity contribution in [3.8, 4) is 11.1 Å². The molecule has 0 atom stereocenters. The molecule has 1 aliphatic rings.